The Morgan fingerprint density at radius 1 is 1.07 bits per heavy atom. The second kappa shape index (κ2) is 7.23. The fourth-order valence-electron chi connectivity index (χ4n) is 3.24. The van der Waals surface area contributed by atoms with E-state index in [-0.39, 0.29) is 37.0 Å². The molecule has 1 amide bonds. The second-order valence-electron chi connectivity index (χ2n) is 6.68. The van der Waals surface area contributed by atoms with Crippen molar-refractivity contribution in [1.29, 1.82) is 0 Å². The third-order valence-electron chi connectivity index (χ3n) is 4.81. The molecular weight excluding hydrogens is 401 g/mol. The Kier molecular flexibility index (Phi) is 4.90. The first-order valence-corrected chi connectivity index (χ1v) is 11.0. The van der Waals surface area contributed by atoms with Crippen LogP contribution >= 0.6 is 11.5 Å². The number of nitrogens with zero attached hydrogens (tertiary/aromatic N) is 3. The number of rotatable bonds is 3. The van der Waals surface area contributed by atoms with Crippen molar-refractivity contribution in [3.05, 3.63) is 59.5 Å². The number of hydrogen-bond donors (Lipinski definition) is 0. The Labute approximate surface area is 166 Å². The van der Waals surface area contributed by atoms with Crippen LogP contribution in [0.5, 0.6) is 0 Å². The van der Waals surface area contributed by atoms with Crippen molar-refractivity contribution >= 4 is 37.5 Å². The van der Waals surface area contributed by atoms with E-state index in [1.54, 1.807) is 4.90 Å². The number of carbonyl (C=O) groups is 1. The molecule has 0 unspecified atom stereocenters. The smallest absolute Gasteiger partial charge is 0.274 e. The summed E-state index contributed by atoms with van der Waals surface area (Å²) in [6, 6.07) is 10.6. The van der Waals surface area contributed by atoms with Crippen molar-refractivity contribution in [1.82, 2.24) is 13.6 Å². The monoisotopic (exact) mass is 419 g/mol. The normalized spacial score (nSPS) is 15.9. The van der Waals surface area contributed by atoms with Gasteiger partial charge in [0.05, 0.1) is 9.60 Å². The highest BCUT2D eigenvalue weighted by Crippen LogP contribution is 2.26. The maximum atomic E-state index is 13.1. The van der Waals surface area contributed by atoms with Gasteiger partial charge in [-0.3, -0.25) is 4.79 Å². The van der Waals surface area contributed by atoms with Gasteiger partial charge < -0.3 is 4.90 Å². The van der Waals surface area contributed by atoms with Gasteiger partial charge in [0.1, 0.15) is 11.5 Å². The average molecular weight is 420 g/mol. The minimum Gasteiger partial charge on any atom is -0.335 e. The molecule has 1 aliphatic rings. The zero-order chi connectivity index (χ0) is 19.9. The third-order valence-corrected chi connectivity index (χ3v) is 7.54. The average Bonchev–Trinajstić information content (AvgIpc) is 3.11. The maximum absolute atomic E-state index is 13.1. The SMILES string of the molecule is Cc1ccc2snc(C(=O)N3CCN(S(=O)(=O)c4ccc(F)cc4)CC3)c2c1. The van der Waals surface area contributed by atoms with Crippen LogP contribution in [0.25, 0.3) is 10.1 Å². The minimum atomic E-state index is -3.71. The van der Waals surface area contributed by atoms with Gasteiger partial charge in [-0.25, -0.2) is 12.8 Å². The first kappa shape index (κ1) is 19.0. The van der Waals surface area contributed by atoms with Gasteiger partial charge in [-0.05, 0) is 54.9 Å². The number of piperazine rings is 1. The predicted octanol–water partition coefficient (Wildman–Crippen LogP) is 2.89. The van der Waals surface area contributed by atoms with Crippen LogP contribution in [0.4, 0.5) is 4.39 Å². The van der Waals surface area contributed by atoms with Gasteiger partial charge in [-0.2, -0.15) is 8.68 Å². The highest BCUT2D eigenvalue weighted by Gasteiger charge is 2.31. The van der Waals surface area contributed by atoms with E-state index in [9.17, 15) is 17.6 Å². The molecule has 0 bridgehead atoms. The lowest BCUT2D eigenvalue weighted by molar-refractivity contribution is 0.0695. The molecule has 1 fully saturated rings. The molecule has 0 spiro atoms. The number of sulfonamides is 1. The highest BCUT2D eigenvalue weighted by molar-refractivity contribution is 7.89. The van der Waals surface area contributed by atoms with Gasteiger partial charge in [-0.1, -0.05) is 11.6 Å². The van der Waals surface area contributed by atoms with E-state index in [1.807, 2.05) is 25.1 Å². The molecule has 0 saturated carbocycles. The van der Waals surface area contributed by atoms with Gasteiger partial charge in [0, 0.05) is 31.6 Å². The van der Waals surface area contributed by atoms with Crippen molar-refractivity contribution < 1.29 is 17.6 Å². The summed E-state index contributed by atoms with van der Waals surface area (Å²) in [6.07, 6.45) is 0. The molecule has 4 rings (SSSR count). The van der Waals surface area contributed by atoms with Crippen LogP contribution in [0.2, 0.25) is 0 Å². The first-order valence-electron chi connectivity index (χ1n) is 8.77. The summed E-state index contributed by atoms with van der Waals surface area (Å²) in [7, 11) is -3.71. The summed E-state index contributed by atoms with van der Waals surface area (Å²) in [5.74, 6) is -0.671. The zero-order valence-corrected chi connectivity index (χ0v) is 16.8. The van der Waals surface area contributed by atoms with Crippen LogP contribution in [0.1, 0.15) is 16.1 Å². The molecule has 0 aliphatic carbocycles. The molecule has 1 aromatic heterocycles. The topological polar surface area (TPSA) is 70.6 Å². The van der Waals surface area contributed by atoms with E-state index in [0.717, 1.165) is 27.8 Å². The van der Waals surface area contributed by atoms with E-state index >= 15 is 0 Å². The molecule has 1 saturated heterocycles. The largest absolute Gasteiger partial charge is 0.335 e. The van der Waals surface area contributed by atoms with Crippen molar-refractivity contribution in [3.8, 4) is 0 Å². The van der Waals surface area contributed by atoms with Crippen molar-refractivity contribution in [3.63, 3.8) is 0 Å². The summed E-state index contributed by atoms with van der Waals surface area (Å²) >= 11 is 1.28. The van der Waals surface area contributed by atoms with E-state index in [0.29, 0.717) is 5.69 Å². The highest BCUT2D eigenvalue weighted by atomic mass is 32.2. The molecule has 9 heteroatoms. The molecule has 3 aromatic rings. The van der Waals surface area contributed by atoms with Gasteiger partial charge in [0.25, 0.3) is 5.91 Å². The number of fused-ring (bicyclic) bond motifs is 1. The second-order valence-corrected chi connectivity index (χ2v) is 9.42. The van der Waals surface area contributed by atoms with Gasteiger partial charge in [0.2, 0.25) is 10.0 Å². The number of carbonyl (C=O) groups excluding carboxylic acids is 1. The predicted molar refractivity (Wildman–Crippen MR) is 105 cm³/mol. The van der Waals surface area contributed by atoms with Crippen molar-refractivity contribution in [2.24, 2.45) is 0 Å². The molecule has 0 N–H and O–H groups in total. The first-order chi connectivity index (χ1) is 13.4. The lowest BCUT2D eigenvalue weighted by Gasteiger charge is -2.33. The van der Waals surface area contributed by atoms with Crippen LogP contribution in [-0.2, 0) is 10.0 Å². The standard InChI is InChI=1S/C19H18FN3O3S2/c1-13-2-7-17-16(12-13)18(21-27-17)19(24)22-8-10-23(11-9-22)28(25,26)15-5-3-14(20)4-6-15/h2-7,12H,8-11H2,1H3. The minimum absolute atomic E-state index is 0.0506. The Morgan fingerprint density at radius 3 is 2.43 bits per heavy atom. The van der Waals surface area contributed by atoms with E-state index in [1.165, 1.54) is 28.0 Å². The molecule has 6 nitrogen and oxygen atoms in total. The number of halogens is 1. The number of aromatic nitrogens is 1. The summed E-state index contributed by atoms with van der Waals surface area (Å²) in [6.45, 7) is 2.90. The Balaban J connectivity index is 1.50. The van der Waals surface area contributed by atoms with E-state index < -0.39 is 15.8 Å². The zero-order valence-electron chi connectivity index (χ0n) is 15.1. The van der Waals surface area contributed by atoms with Crippen LogP contribution in [0.15, 0.2) is 47.4 Å². The van der Waals surface area contributed by atoms with Gasteiger partial charge >= 0.3 is 0 Å². The lowest BCUT2D eigenvalue weighted by atomic mass is 10.1. The molecule has 2 heterocycles. The summed E-state index contributed by atoms with van der Waals surface area (Å²) in [4.78, 5) is 14.6. The summed E-state index contributed by atoms with van der Waals surface area (Å²) in [5.41, 5.74) is 1.47. The fourth-order valence-corrected chi connectivity index (χ4v) is 5.41. The van der Waals surface area contributed by atoms with E-state index in [2.05, 4.69) is 4.37 Å². The maximum Gasteiger partial charge on any atom is 0.274 e. The van der Waals surface area contributed by atoms with Gasteiger partial charge in [0.15, 0.2) is 0 Å². The molecule has 0 atom stereocenters. The van der Waals surface area contributed by atoms with Crippen molar-refractivity contribution in [2.75, 3.05) is 26.2 Å². The molecular formula is C19H18FN3O3S2. The number of amides is 1. The van der Waals surface area contributed by atoms with Crippen LogP contribution < -0.4 is 0 Å². The molecule has 1 aliphatic heterocycles. The Bertz CT molecular complexity index is 1130. The lowest BCUT2D eigenvalue weighted by Crippen LogP contribution is -2.50. The molecule has 2 aromatic carbocycles. The number of aryl methyl sites for hydroxylation is 1. The van der Waals surface area contributed by atoms with Crippen molar-refractivity contribution in [2.45, 2.75) is 11.8 Å². The summed E-state index contributed by atoms with van der Waals surface area (Å²) in [5, 5.41) is 0.830. The molecule has 146 valence electrons. The molecule has 28 heavy (non-hydrogen) atoms. The summed E-state index contributed by atoms with van der Waals surface area (Å²) < 4.78 is 45.1. The van der Waals surface area contributed by atoms with Crippen LogP contribution in [-0.4, -0.2) is 54.1 Å². The fraction of sp³-hybridized carbons (Fsp3) is 0.263. The van der Waals surface area contributed by atoms with Crippen LogP contribution in [0.3, 0.4) is 0 Å². The number of benzene rings is 2. The van der Waals surface area contributed by atoms with Crippen LogP contribution in [0, 0.1) is 12.7 Å². The third kappa shape index (κ3) is 3.41. The van der Waals surface area contributed by atoms with Gasteiger partial charge in [-0.15, -0.1) is 0 Å². The Morgan fingerprint density at radius 2 is 1.75 bits per heavy atom. The Hall–Kier alpha value is -2.36. The number of hydrogen-bond acceptors (Lipinski definition) is 5. The molecule has 0 radical (unpaired) electrons. The quantitative estimate of drug-likeness (QED) is 0.655. The van der Waals surface area contributed by atoms with E-state index in [4.69, 9.17) is 0 Å².